The molecule has 0 radical (unpaired) electrons. The Hall–Kier alpha value is -1.32. The second-order valence-corrected chi connectivity index (χ2v) is 4.13. The number of rotatable bonds is 4. The molecule has 0 aliphatic heterocycles. The molecule has 0 fully saturated rings. The first kappa shape index (κ1) is 12.7. The van der Waals surface area contributed by atoms with Gasteiger partial charge in [-0.1, -0.05) is 12.2 Å². The van der Waals surface area contributed by atoms with E-state index < -0.39 is 12.0 Å². The number of aliphatic carboxylic acids is 1. The fourth-order valence-corrected chi connectivity index (χ4v) is 2.31. The number of likely N-dealkylation sites (N-methyl/N-ethyl adjacent to an activating group) is 1. The molecular formula is C12H19NO3. The maximum absolute atomic E-state index is 11.4. The van der Waals surface area contributed by atoms with Gasteiger partial charge in [-0.25, -0.2) is 4.79 Å². The maximum atomic E-state index is 11.4. The van der Waals surface area contributed by atoms with Gasteiger partial charge in [0.2, 0.25) is 5.91 Å². The van der Waals surface area contributed by atoms with Crippen molar-refractivity contribution < 1.29 is 14.7 Å². The van der Waals surface area contributed by atoms with Crippen molar-refractivity contribution in [3.05, 3.63) is 12.2 Å². The zero-order chi connectivity index (χ0) is 12.1. The summed E-state index contributed by atoms with van der Waals surface area (Å²) in [6.07, 6.45) is 6.58. The van der Waals surface area contributed by atoms with E-state index in [0.29, 0.717) is 6.54 Å². The number of carbonyl (C=O) groups excluding carboxylic acids is 1. The SMILES string of the molecule is CCN(C(C)=O)C(C(=O)O)C1CC=CCC1. The molecule has 0 saturated carbocycles. The molecule has 90 valence electrons. The van der Waals surface area contributed by atoms with E-state index in [1.165, 1.54) is 11.8 Å². The van der Waals surface area contributed by atoms with Crippen LogP contribution in [0.4, 0.5) is 0 Å². The van der Waals surface area contributed by atoms with Crippen molar-refractivity contribution in [1.82, 2.24) is 4.90 Å². The van der Waals surface area contributed by atoms with Gasteiger partial charge in [-0.15, -0.1) is 0 Å². The average Bonchev–Trinajstić information content (AvgIpc) is 2.25. The third kappa shape index (κ3) is 2.84. The molecule has 0 aromatic rings. The number of allylic oxidation sites excluding steroid dienone is 2. The molecule has 1 rings (SSSR count). The van der Waals surface area contributed by atoms with E-state index in [-0.39, 0.29) is 11.8 Å². The van der Waals surface area contributed by atoms with Crippen LogP contribution < -0.4 is 0 Å². The minimum atomic E-state index is -0.891. The lowest BCUT2D eigenvalue weighted by Crippen LogP contribution is -2.48. The summed E-state index contributed by atoms with van der Waals surface area (Å²) in [6, 6.07) is -0.674. The lowest BCUT2D eigenvalue weighted by atomic mass is 9.86. The monoisotopic (exact) mass is 225 g/mol. The molecule has 0 bridgehead atoms. The predicted octanol–water partition coefficient (Wildman–Crippen LogP) is 1.66. The van der Waals surface area contributed by atoms with Crippen molar-refractivity contribution in [2.75, 3.05) is 6.54 Å². The van der Waals surface area contributed by atoms with Crippen molar-refractivity contribution in [2.24, 2.45) is 5.92 Å². The van der Waals surface area contributed by atoms with Crippen LogP contribution in [0.3, 0.4) is 0 Å². The average molecular weight is 225 g/mol. The number of hydrogen-bond donors (Lipinski definition) is 1. The Balaban J connectivity index is 2.84. The van der Waals surface area contributed by atoms with Crippen molar-refractivity contribution in [2.45, 2.75) is 39.2 Å². The van der Waals surface area contributed by atoms with Gasteiger partial charge in [-0.2, -0.15) is 0 Å². The topological polar surface area (TPSA) is 57.6 Å². The van der Waals surface area contributed by atoms with E-state index in [1.54, 1.807) is 0 Å². The summed E-state index contributed by atoms with van der Waals surface area (Å²) in [6.45, 7) is 3.70. The number of carbonyl (C=O) groups is 2. The molecule has 1 amide bonds. The lowest BCUT2D eigenvalue weighted by Gasteiger charge is -2.33. The van der Waals surface area contributed by atoms with Crippen LogP contribution in [0.2, 0.25) is 0 Å². The number of amides is 1. The Labute approximate surface area is 95.9 Å². The Bertz CT molecular complexity index is 299. The van der Waals surface area contributed by atoms with Crippen LogP contribution >= 0.6 is 0 Å². The van der Waals surface area contributed by atoms with Crippen molar-refractivity contribution in [3.63, 3.8) is 0 Å². The molecule has 2 unspecified atom stereocenters. The quantitative estimate of drug-likeness (QED) is 0.740. The summed E-state index contributed by atoms with van der Waals surface area (Å²) in [7, 11) is 0. The normalized spacial score (nSPS) is 21.5. The second-order valence-electron chi connectivity index (χ2n) is 4.13. The van der Waals surface area contributed by atoms with Crippen LogP contribution in [0, 0.1) is 5.92 Å². The summed E-state index contributed by atoms with van der Waals surface area (Å²) in [5, 5.41) is 9.26. The fraction of sp³-hybridized carbons (Fsp3) is 0.667. The van der Waals surface area contributed by atoms with Gasteiger partial charge >= 0.3 is 5.97 Å². The van der Waals surface area contributed by atoms with E-state index in [4.69, 9.17) is 0 Å². The standard InChI is InChI=1S/C12H19NO3/c1-3-13(9(2)14)11(12(15)16)10-7-5-4-6-8-10/h4-5,10-11H,3,6-8H2,1-2H3,(H,15,16). The molecule has 2 atom stereocenters. The van der Waals surface area contributed by atoms with Gasteiger partial charge in [0.1, 0.15) is 6.04 Å². The predicted molar refractivity (Wildman–Crippen MR) is 61.0 cm³/mol. The molecular weight excluding hydrogens is 206 g/mol. The van der Waals surface area contributed by atoms with Crippen LogP contribution in [0.25, 0.3) is 0 Å². The van der Waals surface area contributed by atoms with Crippen molar-refractivity contribution in [1.29, 1.82) is 0 Å². The van der Waals surface area contributed by atoms with Gasteiger partial charge in [0.25, 0.3) is 0 Å². The number of nitrogens with zero attached hydrogens (tertiary/aromatic N) is 1. The summed E-state index contributed by atoms with van der Waals surface area (Å²) in [5.74, 6) is -1.01. The van der Waals surface area contributed by atoms with Crippen LogP contribution in [-0.4, -0.2) is 34.5 Å². The van der Waals surface area contributed by atoms with Crippen LogP contribution in [0.5, 0.6) is 0 Å². The van der Waals surface area contributed by atoms with E-state index in [2.05, 4.69) is 6.08 Å². The Kier molecular flexibility index (Phi) is 4.52. The summed E-state index contributed by atoms with van der Waals surface area (Å²) in [4.78, 5) is 24.1. The second kappa shape index (κ2) is 5.68. The molecule has 4 nitrogen and oxygen atoms in total. The molecule has 0 spiro atoms. The summed E-state index contributed by atoms with van der Waals surface area (Å²) < 4.78 is 0. The minimum Gasteiger partial charge on any atom is -0.480 e. The highest BCUT2D eigenvalue weighted by molar-refractivity contribution is 5.82. The first-order chi connectivity index (χ1) is 7.57. The first-order valence-corrected chi connectivity index (χ1v) is 5.73. The third-order valence-electron chi connectivity index (χ3n) is 3.09. The summed E-state index contributed by atoms with van der Waals surface area (Å²) in [5.41, 5.74) is 0. The van der Waals surface area contributed by atoms with Gasteiger partial charge in [0.05, 0.1) is 0 Å². The van der Waals surface area contributed by atoms with E-state index in [1.807, 2.05) is 13.0 Å². The van der Waals surface area contributed by atoms with E-state index in [0.717, 1.165) is 19.3 Å². The molecule has 1 aliphatic carbocycles. The van der Waals surface area contributed by atoms with Gasteiger partial charge in [0, 0.05) is 13.5 Å². The zero-order valence-corrected chi connectivity index (χ0v) is 9.85. The van der Waals surface area contributed by atoms with Crippen LogP contribution in [0.15, 0.2) is 12.2 Å². The summed E-state index contributed by atoms with van der Waals surface area (Å²) >= 11 is 0. The van der Waals surface area contributed by atoms with Gasteiger partial charge < -0.3 is 10.0 Å². The lowest BCUT2D eigenvalue weighted by molar-refractivity contribution is -0.152. The van der Waals surface area contributed by atoms with Crippen LogP contribution in [0.1, 0.15) is 33.1 Å². The Morgan fingerprint density at radius 2 is 2.19 bits per heavy atom. The molecule has 0 aromatic carbocycles. The third-order valence-corrected chi connectivity index (χ3v) is 3.09. The van der Waals surface area contributed by atoms with Crippen molar-refractivity contribution >= 4 is 11.9 Å². The van der Waals surface area contributed by atoms with Crippen LogP contribution in [-0.2, 0) is 9.59 Å². The van der Waals surface area contributed by atoms with E-state index in [9.17, 15) is 14.7 Å². The van der Waals surface area contributed by atoms with E-state index >= 15 is 0 Å². The highest BCUT2D eigenvalue weighted by Crippen LogP contribution is 2.25. The fourth-order valence-electron chi connectivity index (χ4n) is 2.31. The van der Waals surface area contributed by atoms with Gasteiger partial charge in [-0.3, -0.25) is 4.79 Å². The highest BCUT2D eigenvalue weighted by Gasteiger charge is 2.34. The first-order valence-electron chi connectivity index (χ1n) is 5.73. The number of hydrogen-bond acceptors (Lipinski definition) is 2. The molecule has 0 aromatic heterocycles. The van der Waals surface area contributed by atoms with Gasteiger partial charge in [-0.05, 0) is 32.1 Å². The zero-order valence-electron chi connectivity index (χ0n) is 9.85. The molecule has 0 saturated heterocycles. The Morgan fingerprint density at radius 1 is 1.50 bits per heavy atom. The largest absolute Gasteiger partial charge is 0.480 e. The van der Waals surface area contributed by atoms with Crippen molar-refractivity contribution in [3.8, 4) is 0 Å². The molecule has 0 heterocycles. The smallest absolute Gasteiger partial charge is 0.326 e. The number of carboxylic acid groups (broad SMARTS) is 1. The minimum absolute atomic E-state index is 0.0475. The maximum Gasteiger partial charge on any atom is 0.326 e. The molecule has 1 aliphatic rings. The van der Waals surface area contributed by atoms with Gasteiger partial charge in [0.15, 0.2) is 0 Å². The molecule has 16 heavy (non-hydrogen) atoms. The molecule has 4 heteroatoms. The Morgan fingerprint density at radius 3 is 2.56 bits per heavy atom. The molecule has 1 N–H and O–H groups in total. The highest BCUT2D eigenvalue weighted by atomic mass is 16.4. The number of carboxylic acids is 1.